The zero-order valence-electron chi connectivity index (χ0n) is 13.5. The van der Waals surface area contributed by atoms with Crippen LogP contribution in [-0.2, 0) is 14.3 Å². The van der Waals surface area contributed by atoms with Gasteiger partial charge in [-0.15, -0.1) is 0 Å². The third kappa shape index (κ3) is 4.17. The summed E-state index contributed by atoms with van der Waals surface area (Å²) in [6.07, 6.45) is 0.568. The Bertz CT molecular complexity index is 360. The molecule has 0 aromatic heterocycles. The van der Waals surface area contributed by atoms with Gasteiger partial charge in [-0.05, 0) is 19.9 Å². The van der Waals surface area contributed by atoms with Crippen molar-refractivity contribution in [1.29, 1.82) is 0 Å². The van der Waals surface area contributed by atoms with Crippen LogP contribution in [0.15, 0.2) is 0 Å². The van der Waals surface area contributed by atoms with Gasteiger partial charge in [0.25, 0.3) is 0 Å². The second kappa shape index (κ2) is 8.21. The lowest BCUT2D eigenvalue weighted by Crippen LogP contribution is -2.58. The number of ether oxygens (including phenoxy) is 2. The summed E-state index contributed by atoms with van der Waals surface area (Å²) in [5.74, 6) is 0.138. The highest BCUT2D eigenvalue weighted by molar-refractivity contribution is 5.76. The number of methoxy groups -OCH3 is 1. The van der Waals surface area contributed by atoms with E-state index in [2.05, 4.69) is 4.90 Å². The number of piperidine rings is 1. The van der Waals surface area contributed by atoms with E-state index in [4.69, 9.17) is 9.47 Å². The molecule has 0 aliphatic carbocycles. The predicted octanol–water partition coefficient (Wildman–Crippen LogP) is -0.934. The molecule has 2 N–H and O–H groups in total. The summed E-state index contributed by atoms with van der Waals surface area (Å²) in [6, 6.07) is 0.101. The molecule has 2 fully saturated rings. The van der Waals surface area contributed by atoms with E-state index in [0.717, 1.165) is 25.9 Å². The molecule has 0 aromatic carbocycles. The Morgan fingerprint density at radius 3 is 2.64 bits per heavy atom. The molecule has 0 spiro atoms. The highest BCUT2D eigenvalue weighted by atomic mass is 16.5. The fourth-order valence-corrected chi connectivity index (χ4v) is 3.26. The van der Waals surface area contributed by atoms with Crippen LogP contribution in [0.3, 0.4) is 0 Å². The Kier molecular flexibility index (Phi) is 6.58. The smallest absolute Gasteiger partial charge is 0.224 e. The minimum Gasteiger partial charge on any atom is -0.389 e. The van der Waals surface area contributed by atoms with Gasteiger partial charge in [-0.1, -0.05) is 0 Å². The van der Waals surface area contributed by atoms with Crippen molar-refractivity contribution < 1.29 is 24.5 Å². The first-order valence-electron chi connectivity index (χ1n) is 7.97. The number of likely N-dealkylation sites (tertiary alicyclic amines) is 1. The van der Waals surface area contributed by atoms with Crippen molar-refractivity contribution in [3.63, 3.8) is 0 Å². The van der Waals surface area contributed by atoms with E-state index in [1.807, 2.05) is 11.9 Å². The third-order valence-electron chi connectivity index (χ3n) is 4.80. The van der Waals surface area contributed by atoms with Gasteiger partial charge in [0.15, 0.2) is 0 Å². The lowest BCUT2D eigenvalue weighted by Gasteiger charge is -2.44. The summed E-state index contributed by atoms with van der Waals surface area (Å²) in [4.78, 5) is 16.0. The number of rotatable bonds is 5. The van der Waals surface area contributed by atoms with Crippen LogP contribution in [0.2, 0.25) is 0 Å². The van der Waals surface area contributed by atoms with Crippen LogP contribution >= 0.6 is 0 Å². The van der Waals surface area contributed by atoms with E-state index in [-0.39, 0.29) is 18.6 Å². The van der Waals surface area contributed by atoms with Crippen molar-refractivity contribution in [2.24, 2.45) is 0 Å². The first-order valence-corrected chi connectivity index (χ1v) is 7.97. The number of carbonyl (C=O) groups is 1. The van der Waals surface area contributed by atoms with Crippen LogP contribution < -0.4 is 0 Å². The molecular formula is C15H28N2O5. The number of likely N-dealkylation sites (N-methyl/N-ethyl adjacent to an activating group) is 1. The number of amides is 1. The van der Waals surface area contributed by atoms with Crippen molar-refractivity contribution in [2.75, 3.05) is 47.1 Å². The van der Waals surface area contributed by atoms with Crippen LogP contribution in [0.25, 0.3) is 0 Å². The fourth-order valence-electron chi connectivity index (χ4n) is 3.26. The van der Waals surface area contributed by atoms with Crippen molar-refractivity contribution in [1.82, 2.24) is 9.80 Å². The Morgan fingerprint density at radius 2 is 2.00 bits per heavy atom. The van der Waals surface area contributed by atoms with Crippen LogP contribution in [-0.4, -0.2) is 97.3 Å². The van der Waals surface area contributed by atoms with E-state index in [9.17, 15) is 15.0 Å². The first kappa shape index (κ1) is 17.6. The molecule has 2 heterocycles. The van der Waals surface area contributed by atoms with Crippen molar-refractivity contribution in [3.8, 4) is 0 Å². The average molecular weight is 316 g/mol. The molecule has 128 valence electrons. The maximum atomic E-state index is 12.0. The topological polar surface area (TPSA) is 82.5 Å². The number of hydrogen-bond donors (Lipinski definition) is 2. The Morgan fingerprint density at radius 1 is 1.32 bits per heavy atom. The highest BCUT2D eigenvalue weighted by Gasteiger charge is 2.37. The molecule has 1 amide bonds. The summed E-state index contributed by atoms with van der Waals surface area (Å²) in [5.41, 5.74) is 0. The largest absolute Gasteiger partial charge is 0.389 e. The quantitative estimate of drug-likeness (QED) is 0.682. The van der Waals surface area contributed by atoms with Crippen LogP contribution in [0, 0.1) is 0 Å². The van der Waals surface area contributed by atoms with Crippen molar-refractivity contribution >= 4 is 5.91 Å². The van der Waals surface area contributed by atoms with Gasteiger partial charge in [-0.3, -0.25) is 9.69 Å². The molecule has 2 aliphatic heterocycles. The first-order chi connectivity index (χ1) is 10.5. The summed E-state index contributed by atoms with van der Waals surface area (Å²) < 4.78 is 10.3. The number of aliphatic hydroxyl groups excluding tert-OH is 2. The molecule has 2 aliphatic rings. The molecule has 0 aromatic rings. The fraction of sp³-hybridized carbons (Fsp3) is 0.933. The molecular weight excluding hydrogens is 288 g/mol. The Labute approximate surface area is 131 Å². The summed E-state index contributed by atoms with van der Waals surface area (Å²) in [6.45, 7) is 2.54. The zero-order chi connectivity index (χ0) is 16.1. The Balaban J connectivity index is 1.82. The highest BCUT2D eigenvalue weighted by Crippen LogP contribution is 2.22. The maximum Gasteiger partial charge on any atom is 0.224 e. The van der Waals surface area contributed by atoms with E-state index in [1.165, 1.54) is 0 Å². The molecule has 2 saturated heterocycles. The molecule has 22 heavy (non-hydrogen) atoms. The van der Waals surface area contributed by atoms with Crippen LogP contribution in [0.1, 0.15) is 19.3 Å². The van der Waals surface area contributed by atoms with Crippen LogP contribution in [0.5, 0.6) is 0 Å². The SMILES string of the molecule is COCCC(=O)N1CCC(N(C)[C@@H]2COC[C@@H](O)[C@H]2O)CC1. The zero-order valence-corrected chi connectivity index (χ0v) is 13.5. The van der Waals surface area contributed by atoms with Gasteiger partial charge in [0, 0.05) is 26.2 Å². The van der Waals surface area contributed by atoms with Crippen molar-refractivity contribution in [3.05, 3.63) is 0 Å². The van der Waals surface area contributed by atoms with E-state index in [1.54, 1.807) is 7.11 Å². The van der Waals surface area contributed by atoms with Gasteiger partial charge in [0.1, 0.15) is 6.10 Å². The molecule has 0 bridgehead atoms. The summed E-state index contributed by atoms with van der Waals surface area (Å²) in [5, 5.41) is 19.9. The standard InChI is InChI=1S/C15H28N2O5/c1-16(12-9-22-10-13(18)15(12)20)11-3-6-17(7-4-11)14(19)5-8-21-2/h11-13,15,18,20H,3-10H2,1-2H3/t12-,13-,15+/m1/s1. The number of hydrogen-bond acceptors (Lipinski definition) is 6. The van der Waals surface area contributed by atoms with Gasteiger partial charge >= 0.3 is 0 Å². The van der Waals surface area contributed by atoms with Gasteiger partial charge < -0.3 is 24.6 Å². The summed E-state index contributed by atoms with van der Waals surface area (Å²) >= 11 is 0. The molecule has 0 saturated carbocycles. The number of nitrogens with zero attached hydrogens (tertiary/aromatic N) is 2. The lowest BCUT2D eigenvalue weighted by atomic mass is 9.97. The molecule has 0 radical (unpaired) electrons. The Hall–Kier alpha value is -0.730. The van der Waals surface area contributed by atoms with E-state index < -0.39 is 12.2 Å². The van der Waals surface area contributed by atoms with Crippen LogP contribution in [0.4, 0.5) is 0 Å². The molecule has 3 atom stereocenters. The molecule has 7 heteroatoms. The third-order valence-corrected chi connectivity index (χ3v) is 4.80. The summed E-state index contributed by atoms with van der Waals surface area (Å²) in [7, 11) is 3.56. The monoisotopic (exact) mass is 316 g/mol. The predicted molar refractivity (Wildman–Crippen MR) is 80.5 cm³/mol. The molecule has 2 rings (SSSR count). The minimum atomic E-state index is -0.822. The minimum absolute atomic E-state index is 0.138. The molecule has 7 nitrogen and oxygen atoms in total. The number of carbonyl (C=O) groups excluding carboxylic acids is 1. The lowest BCUT2D eigenvalue weighted by molar-refractivity contribution is -0.141. The average Bonchev–Trinajstić information content (AvgIpc) is 2.54. The van der Waals surface area contributed by atoms with Gasteiger partial charge in [0.2, 0.25) is 5.91 Å². The normalized spacial score (nSPS) is 30.8. The number of aliphatic hydroxyl groups is 2. The van der Waals surface area contributed by atoms with E-state index in [0.29, 0.717) is 25.7 Å². The maximum absolute atomic E-state index is 12.0. The van der Waals surface area contributed by atoms with Gasteiger partial charge in [-0.2, -0.15) is 0 Å². The molecule has 0 unspecified atom stereocenters. The second-order valence-electron chi connectivity index (χ2n) is 6.18. The van der Waals surface area contributed by atoms with Gasteiger partial charge in [-0.25, -0.2) is 0 Å². The van der Waals surface area contributed by atoms with Crippen molar-refractivity contribution in [2.45, 2.75) is 43.6 Å². The van der Waals surface area contributed by atoms with Gasteiger partial charge in [0.05, 0.1) is 38.4 Å². The van der Waals surface area contributed by atoms with E-state index >= 15 is 0 Å². The second-order valence-corrected chi connectivity index (χ2v) is 6.18.